The molecule has 0 fully saturated rings. The summed E-state index contributed by atoms with van der Waals surface area (Å²) in [5, 5.41) is 3.35. The summed E-state index contributed by atoms with van der Waals surface area (Å²) in [7, 11) is 0. The zero-order valence-corrected chi connectivity index (χ0v) is 13.7. The summed E-state index contributed by atoms with van der Waals surface area (Å²) in [4.78, 5) is 11.9. The van der Waals surface area contributed by atoms with Gasteiger partial charge >= 0.3 is 0 Å². The van der Waals surface area contributed by atoms with Gasteiger partial charge in [-0.05, 0) is 38.0 Å². The molecule has 0 atom stereocenters. The van der Waals surface area contributed by atoms with Crippen molar-refractivity contribution in [1.82, 2.24) is 5.32 Å². The highest BCUT2D eigenvalue weighted by Crippen LogP contribution is 2.38. The Morgan fingerprint density at radius 1 is 1.36 bits per heavy atom. The number of amides is 1. The Balaban J connectivity index is 1.80. The number of hydrogen-bond acceptors (Lipinski definition) is 4. The molecule has 2 rings (SSSR count). The van der Waals surface area contributed by atoms with Gasteiger partial charge in [0.15, 0.2) is 11.5 Å². The Bertz CT molecular complexity index is 519. The Hall–Kier alpha value is -1.46. The van der Waals surface area contributed by atoms with E-state index in [2.05, 4.69) is 5.32 Å². The maximum absolute atomic E-state index is 11.9. The van der Waals surface area contributed by atoms with Gasteiger partial charge in [0.05, 0.1) is 17.5 Å². The highest BCUT2D eigenvalue weighted by molar-refractivity contribution is 6.32. The summed E-state index contributed by atoms with van der Waals surface area (Å²) in [6.45, 7) is 6.21. The molecular weight excluding hydrogens is 306 g/mol. The topological polar surface area (TPSA) is 56.8 Å². The van der Waals surface area contributed by atoms with Crippen molar-refractivity contribution in [3.63, 3.8) is 0 Å². The number of carbonyl (C=O) groups is 1. The highest BCUT2D eigenvalue weighted by atomic mass is 35.5. The molecule has 1 aromatic rings. The van der Waals surface area contributed by atoms with Gasteiger partial charge in [0.2, 0.25) is 5.91 Å². The number of carbonyl (C=O) groups excluding carboxylic acids is 1. The summed E-state index contributed by atoms with van der Waals surface area (Å²) in [5.74, 6) is 1.12. The van der Waals surface area contributed by atoms with E-state index in [-0.39, 0.29) is 18.4 Å². The van der Waals surface area contributed by atoms with Crippen LogP contribution in [0.25, 0.3) is 0 Å². The molecule has 1 aliphatic rings. The lowest BCUT2D eigenvalue weighted by Crippen LogP contribution is -2.27. The lowest BCUT2D eigenvalue weighted by Gasteiger charge is -2.20. The number of fused-ring (bicyclic) bond motifs is 1. The molecule has 6 heteroatoms. The number of halogens is 1. The molecule has 1 amide bonds. The minimum Gasteiger partial charge on any atom is -0.486 e. The van der Waals surface area contributed by atoms with Crippen molar-refractivity contribution in [2.75, 3.05) is 26.4 Å². The van der Waals surface area contributed by atoms with E-state index in [1.54, 1.807) is 6.07 Å². The van der Waals surface area contributed by atoms with E-state index in [1.165, 1.54) is 0 Å². The van der Waals surface area contributed by atoms with Crippen LogP contribution in [-0.4, -0.2) is 38.4 Å². The maximum atomic E-state index is 11.9. The smallest absolute Gasteiger partial charge is 0.224 e. The van der Waals surface area contributed by atoms with E-state index in [9.17, 15) is 4.79 Å². The van der Waals surface area contributed by atoms with Crippen LogP contribution >= 0.6 is 11.6 Å². The SMILES string of the molecule is CC(C)OCCCNC(=O)Cc1cc(Cl)c2c(c1)OCCO2. The molecule has 0 spiro atoms. The first-order valence-corrected chi connectivity index (χ1v) is 7.90. The minimum atomic E-state index is -0.0442. The predicted octanol–water partition coefficient (Wildman–Crippen LogP) is 2.59. The molecule has 1 aromatic carbocycles. The van der Waals surface area contributed by atoms with Crippen LogP contribution in [0.5, 0.6) is 11.5 Å². The number of rotatable bonds is 7. The van der Waals surface area contributed by atoms with E-state index >= 15 is 0 Å². The van der Waals surface area contributed by atoms with E-state index in [1.807, 2.05) is 19.9 Å². The second-order valence-electron chi connectivity index (χ2n) is 5.40. The predicted molar refractivity (Wildman–Crippen MR) is 84.9 cm³/mol. The molecule has 0 saturated heterocycles. The van der Waals surface area contributed by atoms with Gasteiger partial charge in [-0.25, -0.2) is 0 Å². The summed E-state index contributed by atoms with van der Waals surface area (Å²) in [6, 6.07) is 3.55. The molecule has 5 nitrogen and oxygen atoms in total. The Morgan fingerprint density at radius 2 is 2.14 bits per heavy atom. The normalized spacial score (nSPS) is 13.3. The molecule has 0 aliphatic carbocycles. The molecule has 0 aromatic heterocycles. The highest BCUT2D eigenvalue weighted by Gasteiger charge is 2.17. The monoisotopic (exact) mass is 327 g/mol. The summed E-state index contributed by atoms with van der Waals surface area (Å²) in [6.07, 6.45) is 1.28. The summed E-state index contributed by atoms with van der Waals surface area (Å²) < 4.78 is 16.4. The van der Waals surface area contributed by atoms with Gasteiger partial charge in [-0.2, -0.15) is 0 Å². The van der Waals surface area contributed by atoms with E-state index in [0.717, 1.165) is 12.0 Å². The van der Waals surface area contributed by atoms with Crippen LogP contribution < -0.4 is 14.8 Å². The zero-order chi connectivity index (χ0) is 15.9. The van der Waals surface area contributed by atoms with Crippen LogP contribution in [0.3, 0.4) is 0 Å². The van der Waals surface area contributed by atoms with Crippen molar-refractivity contribution in [2.45, 2.75) is 32.8 Å². The third-order valence-electron chi connectivity index (χ3n) is 3.12. The van der Waals surface area contributed by atoms with Gasteiger partial charge in [0.1, 0.15) is 13.2 Å². The van der Waals surface area contributed by atoms with E-state index in [0.29, 0.717) is 42.9 Å². The third kappa shape index (κ3) is 5.07. The summed E-state index contributed by atoms with van der Waals surface area (Å²) in [5.41, 5.74) is 0.810. The fraction of sp³-hybridized carbons (Fsp3) is 0.562. The lowest BCUT2D eigenvalue weighted by molar-refractivity contribution is -0.120. The molecule has 1 N–H and O–H groups in total. The van der Waals surface area contributed by atoms with Crippen LogP contribution in [-0.2, 0) is 16.0 Å². The zero-order valence-electron chi connectivity index (χ0n) is 13.0. The number of hydrogen-bond donors (Lipinski definition) is 1. The average Bonchev–Trinajstić information content (AvgIpc) is 2.46. The van der Waals surface area contributed by atoms with Crippen LogP contribution in [0.1, 0.15) is 25.8 Å². The number of nitrogens with one attached hydrogen (secondary N) is 1. The number of benzene rings is 1. The second kappa shape index (κ2) is 8.25. The van der Waals surface area contributed by atoms with Gasteiger partial charge in [0, 0.05) is 13.2 Å². The van der Waals surface area contributed by atoms with Crippen molar-refractivity contribution >= 4 is 17.5 Å². The van der Waals surface area contributed by atoms with Gasteiger partial charge in [-0.1, -0.05) is 11.6 Å². The first-order valence-electron chi connectivity index (χ1n) is 7.52. The Kier molecular flexibility index (Phi) is 6.34. The van der Waals surface area contributed by atoms with Crippen molar-refractivity contribution in [2.24, 2.45) is 0 Å². The van der Waals surface area contributed by atoms with Crippen molar-refractivity contribution in [3.05, 3.63) is 22.7 Å². The van der Waals surface area contributed by atoms with Gasteiger partial charge in [-0.3, -0.25) is 4.79 Å². The van der Waals surface area contributed by atoms with Crippen LogP contribution in [0.15, 0.2) is 12.1 Å². The quantitative estimate of drug-likeness (QED) is 0.782. The number of ether oxygens (including phenoxy) is 3. The van der Waals surface area contributed by atoms with E-state index in [4.69, 9.17) is 25.8 Å². The maximum Gasteiger partial charge on any atom is 0.224 e. The Labute approximate surface area is 135 Å². The molecule has 0 bridgehead atoms. The van der Waals surface area contributed by atoms with Crippen molar-refractivity contribution in [3.8, 4) is 11.5 Å². The average molecular weight is 328 g/mol. The fourth-order valence-corrected chi connectivity index (χ4v) is 2.42. The van der Waals surface area contributed by atoms with Crippen LogP contribution in [0.2, 0.25) is 5.02 Å². The Morgan fingerprint density at radius 3 is 2.91 bits per heavy atom. The molecule has 22 heavy (non-hydrogen) atoms. The van der Waals surface area contributed by atoms with E-state index < -0.39 is 0 Å². The minimum absolute atomic E-state index is 0.0442. The van der Waals surface area contributed by atoms with Gasteiger partial charge in [0.25, 0.3) is 0 Å². The van der Waals surface area contributed by atoms with Gasteiger partial charge in [-0.15, -0.1) is 0 Å². The lowest BCUT2D eigenvalue weighted by atomic mass is 10.1. The molecule has 1 heterocycles. The molecule has 1 aliphatic heterocycles. The standard InChI is InChI=1S/C16H22ClNO4/c1-11(2)20-5-3-4-18-15(19)10-12-8-13(17)16-14(9-12)21-6-7-22-16/h8-9,11H,3-7,10H2,1-2H3,(H,18,19). The molecule has 122 valence electrons. The van der Waals surface area contributed by atoms with Crippen molar-refractivity contribution < 1.29 is 19.0 Å². The summed E-state index contributed by atoms with van der Waals surface area (Å²) >= 11 is 6.15. The first-order chi connectivity index (χ1) is 10.6. The molecule has 0 unspecified atom stereocenters. The fourth-order valence-electron chi connectivity index (χ4n) is 2.13. The molecular formula is C16H22ClNO4. The van der Waals surface area contributed by atoms with Crippen LogP contribution in [0.4, 0.5) is 0 Å². The second-order valence-corrected chi connectivity index (χ2v) is 5.81. The third-order valence-corrected chi connectivity index (χ3v) is 3.40. The van der Waals surface area contributed by atoms with Crippen LogP contribution in [0, 0.1) is 0 Å². The van der Waals surface area contributed by atoms with Crippen molar-refractivity contribution in [1.29, 1.82) is 0 Å². The molecule has 0 radical (unpaired) electrons. The largest absolute Gasteiger partial charge is 0.486 e. The first kappa shape index (κ1) is 16.9. The van der Waals surface area contributed by atoms with Gasteiger partial charge < -0.3 is 19.5 Å². The molecule has 0 saturated carbocycles.